The van der Waals surface area contributed by atoms with E-state index < -0.39 is 5.60 Å². The van der Waals surface area contributed by atoms with E-state index in [1.165, 1.54) is 0 Å². The van der Waals surface area contributed by atoms with E-state index in [-0.39, 0.29) is 6.09 Å². The Bertz CT molecular complexity index is 459. The molecule has 5 nitrogen and oxygen atoms in total. The van der Waals surface area contributed by atoms with Crippen LogP contribution in [0.15, 0.2) is 10.6 Å². The predicted molar refractivity (Wildman–Crippen MR) is 75.8 cm³/mol. The van der Waals surface area contributed by atoms with Crippen molar-refractivity contribution in [2.24, 2.45) is 0 Å². The standard InChI is InChI=1S/C14H21ClN2O3/c1-14(2,3)19-13(18)17-6-4-10(5-7-17)12-8-11(9-15)16-20-12/h8,10H,4-7,9H2,1-3H3. The van der Waals surface area contributed by atoms with Crippen LogP contribution in [0.4, 0.5) is 4.79 Å². The lowest BCUT2D eigenvalue weighted by molar-refractivity contribution is 0.0199. The molecule has 1 aliphatic heterocycles. The third kappa shape index (κ3) is 3.88. The molecule has 20 heavy (non-hydrogen) atoms. The second kappa shape index (κ2) is 6.04. The van der Waals surface area contributed by atoms with Crippen LogP contribution in [-0.2, 0) is 10.6 Å². The maximum atomic E-state index is 12.0. The zero-order chi connectivity index (χ0) is 14.8. The molecule has 2 rings (SSSR count). The Kier molecular flexibility index (Phi) is 4.58. The van der Waals surface area contributed by atoms with Crippen LogP contribution in [0.1, 0.15) is 51.0 Å². The van der Waals surface area contributed by atoms with Gasteiger partial charge in [-0.05, 0) is 33.6 Å². The van der Waals surface area contributed by atoms with E-state index in [0.717, 1.165) is 24.3 Å². The number of aromatic nitrogens is 1. The second-order valence-electron chi connectivity index (χ2n) is 6.10. The molecule has 0 atom stereocenters. The van der Waals surface area contributed by atoms with Crippen molar-refractivity contribution in [3.63, 3.8) is 0 Å². The number of alkyl halides is 1. The molecule has 0 aliphatic carbocycles. The van der Waals surface area contributed by atoms with E-state index >= 15 is 0 Å². The fourth-order valence-electron chi connectivity index (χ4n) is 2.26. The lowest BCUT2D eigenvalue weighted by Crippen LogP contribution is -2.41. The molecule has 112 valence electrons. The van der Waals surface area contributed by atoms with Gasteiger partial charge in [0, 0.05) is 25.1 Å². The van der Waals surface area contributed by atoms with Gasteiger partial charge in [-0.15, -0.1) is 11.6 Å². The molecule has 1 aliphatic rings. The second-order valence-corrected chi connectivity index (χ2v) is 6.36. The van der Waals surface area contributed by atoms with E-state index in [4.69, 9.17) is 20.9 Å². The van der Waals surface area contributed by atoms with Crippen LogP contribution in [0.25, 0.3) is 0 Å². The van der Waals surface area contributed by atoms with Crippen molar-refractivity contribution in [3.05, 3.63) is 17.5 Å². The summed E-state index contributed by atoms with van der Waals surface area (Å²) in [5.74, 6) is 1.53. The predicted octanol–water partition coefficient (Wildman–Crippen LogP) is 3.53. The van der Waals surface area contributed by atoms with Crippen molar-refractivity contribution >= 4 is 17.7 Å². The number of piperidine rings is 1. The lowest BCUT2D eigenvalue weighted by Gasteiger charge is -2.32. The highest BCUT2D eigenvalue weighted by molar-refractivity contribution is 6.16. The van der Waals surface area contributed by atoms with Crippen molar-refractivity contribution in [2.45, 2.75) is 51.0 Å². The number of nitrogens with zero attached hydrogens (tertiary/aromatic N) is 2. The first-order valence-electron chi connectivity index (χ1n) is 6.88. The molecule has 6 heteroatoms. The van der Waals surface area contributed by atoms with Crippen LogP contribution >= 0.6 is 11.6 Å². The van der Waals surface area contributed by atoms with Gasteiger partial charge in [0.25, 0.3) is 0 Å². The van der Waals surface area contributed by atoms with Crippen molar-refractivity contribution in [2.75, 3.05) is 13.1 Å². The first kappa shape index (κ1) is 15.2. The Hall–Kier alpha value is -1.23. The number of likely N-dealkylation sites (tertiary alicyclic amines) is 1. The van der Waals surface area contributed by atoms with Crippen molar-refractivity contribution < 1.29 is 14.1 Å². The number of hydrogen-bond donors (Lipinski definition) is 0. The molecule has 0 aromatic carbocycles. The monoisotopic (exact) mass is 300 g/mol. The molecule has 0 radical (unpaired) electrons. The molecule has 0 unspecified atom stereocenters. The molecule has 0 saturated carbocycles. The molecule has 1 aromatic heterocycles. The topological polar surface area (TPSA) is 55.6 Å². The van der Waals surface area contributed by atoms with Gasteiger partial charge in [-0.3, -0.25) is 0 Å². The maximum absolute atomic E-state index is 12.0. The van der Waals surface area contributed by atoms with Gasteiger partial charge in [-0.2, -0.15) is 0 Å². The summed E-state index contributed by atoms with van der Waals surface area (Å²) in [6, 6.07) is 1.90. The Labute approximate surface area is 124 Å². The molecule has 2 heterocycles. The summed E-state index contributed by atoms with van der Waals surface area (Å²) in [5, 5.41) is 3.90. The van der Waals surface area contributed by atoms with Gasteiger partial charge in [0.1, 0.15) is 11.4 Å². The van der Waals surface area contributed by atoms with Gasteiger partial charge in [-0.1, -0.05) is 5.16 Å². The molecule has 0 spiro atoms. The molecule has 1 amide bonds. The third-order valence-electron chi connectivity index (χ3n) is 3.26. The number of amides is 1. The van der Waals surface area contributed by atoms with E-state index in [9.17, 15) is 4.79 Å². The van der Waals surface area contributed by atoms with Crippen molar-refractivity contribution in [1.82, 2.24) is 10.1 Å². The van der Waals surface area contributed by atoms with Gasteiger partial charge < -0.3 is 14.2 Å². The summed E-state index contributed by atoms with van der Waals surface area (Å²) in [6.45, 7) is 6.98. The Morgan fingerprint density at radius 1 is 1.50 bits per heavy atom. The molecular weight excluding hydrogens is 280 g/mol. The third-order valence-corrected chi connectivity index (χ3v) is 3.54. The highest BCUT2D eigenvalue weighted by Gasteiger charge is 2.29. The molecule has 0 bridgehead atoms. The van der Waals surface area contributed by atoms with Crippen LogP contribution in [-0.4, -0.2) is 34.8 Å². The number of rotatable bonds is 2. The smallest absolute Gasteiger partial charge is 0.410 e. The minimum Gasteiger partial charge on any atom is -0.444 e. The van der Waals surface area contributed by atoms with Crippen LogP contribution in [0.5, 0.6) is 0 Å². The zero-order valence-electron chi connectivity index (χ0n) is 12.2. The van der Waals surface area contributed by atoms with Crippen molar-refractivity contribution in [3.8, 4) is 0 Å². The first-order chi connectivity index (χ1) is 9.39. The molecule has 1 fully saturated rings. The van der Waals surface area contributed by atoms with Gasteiger partial charge in [0.05, 0.1) is 11.6 Å². The molecule has 0 N–H and O–H groups in total. The van der Waals surface area contributed by atoms with Crippen LogP contribution < -0.4 is 0 Å². The number of ether oxygens (including phenoxy) is 1. The van der Waals surface area contributed by atoms with E-state index in [1.54, 1.807) is 4.90 Å². The summed E-state index contributed by atoms with van der Waals surface area (Å²) >= 11 is 5.71. The van der Waals surface area contributed by atoms with E-state index in [0.29, 0.717) is 24.9 Å². The summed E-state index contributed by atoms with van der Waals surface area (Å²) in [4.78, 5) is 13.7. The number of carbonyl (C=O) groups is 1. The van der Waals surface area contributed by atoms with Gasteiger partial charge in [-0.25, -0.2) is 4.79 Å². The van der Waals surface area contributed by atoms with E-state index in [1.807, 2.05) is 26.8 Å². The maximum Gasteiger partial charge on any atom is 0.410 e. The van der Waals surface area contributed by atoms with E-state index in [2.05, 4.69) is 5.16 Å². The summed E-state index contributed by atoms with van der Waals surface area (Å²) in [6.07, 6.45) is 1.47. The van der Waals surface area contributed by atoms with Crippen LogP contribution in [0.2, 0.25) is 0 Å². The summed E-state index contributed by atoms with van der Waals surface area (Å²) in [7, 11) is 0. The fourth-order valence-corrected chi connectivity index (χ4v) is 2.38. The van der Waals surface area contributed by atoms with Gasteiger partial charge in [0.2, 0.25) is 0 Å². The fraction of sp³-hybridized carbons (Fsp3) is 0.714. The number of halogens is 1. The average molecular weight is 301 g/mol. The van der Waals surface area contributed by atoms with Gasteiger partial charge >= 0.3 is 6.09 Å². The highest BCUT2D eigenvalue weighted by Crippen LogP contribution is 2.29. The van der Waals surface area contributed by atoms with Crippen molar-refractivity contribution in [1.29, 1.82) is 0 Å². The highest BCUT2D eigenvalue weighted by atomic mass is 35.5. The Balaban J connectivity index is 1.87. The Morgan fingerprint density at radius 3 is 2.65 bits per heavy atom. The minimum absolute atomic E-state index is 0.241. The normalized spacial score (nSPS) is 17.3. The molecule has 1 aromatic rings. The van der Waals surface area contributed by atoms with Gasteiger partial charge in [0.15, 0.2) is 0 Å². The lowest BCUT2D eigenvalue weighted by atomic mass is 9.94. The zero-order valence-corrected chi connectivity index (χ0v) is 12.9. The first-order valence-corrected chi connectivity index (χ1v) is 7.42. The SMILES string of the molecule is CC(C)(C)OC(=O)N1CCC(c2cc(CCl)no2)CC1. The average Bonchev–Trinajstić information content (AvgIpc) is 2.85. The summed E-state index contributed by atoms with van der Waals surface area (Å²) < 4.78 is 10.7. The minimum atomic E-state index is -0.450. The molecular formula is C14H21ClN2O3. The van der Waals surface area contributed by atoms with Crippen LogP contribution in [0.3, 0.4) is 0 Å². The molecule has 1 saturated heterocycles. The largest absolute Gasteiger partial charge is 0.444 e. The quantitative estimate of drug-likeness (QED) is 0.784. The number of hydrogen-bond acceptors (Lipinski definition) is 4. The van der Waals surface area contributed by atoms with Crippen LogP contribution in [0, 0.1) is 0 Å². The summed E-state index contributed by atoms with van der Waals surface area (Å²) in [5.41, 5.74) is 0.310. The number of carbonyl (C=O) groups excluding carboxylic acids is 1. The Morgan fingerprint density at radius 2 is 2.15 bits per heavy atom.